The van der Waals surface area contributed by atoms with E-state index in [9.17, 15) is 9.90 Å². The number of carbonyl (C=O) groups excluding carboxylic acids is 1. The largest absolute Gasteiger partial charge is 0.548 e. The molecule has 0 aromatic carbocycles. The third-order valence-electron chi connectivity index (χ3n) is 1.05. The molecule has 0 spiro atoms. The summed E-state index contributed by atoms with van der Waals surface area (Å²) in [7, 11) is 0. The highest BCUT2D eigenvalue weighted by Gasteiger charge is 2.05. The van der Waals surface area contributed by atoms with Crippen LogP contribution in [0.3, 0.4) is 0 Å². The third-order valence-corrected chi connectivity index (χ3v) is 1.05. The first-order valence-electron chi connectivity index (χ1n) is 2.65. The summed E-state index contributed by atoms with van der Waals surface area (Å²) in [6, 6.07) is -0.859. The summed E-state index contributed by atoms with van der Waals surface area (Å²) in [6.07, 6.45) is 1.17. The second kappa shape index (κ2) is 2.42. The Morgan fingerprint density at radius 3 is 2.90 bits per heavy atom. The van der Waals surface area contributed by atoms with Crippen LogP contribution in [0.1, 0.15) is 13.0 Å². The lowest BCUT2D eigenvalue weighted by molar-refractivity contribution is -0.310. The van der Waals surface area contributed by atoms with Gasteiger partial charge in [-0.05, 0) is 12.1 Å². The van der Waals surface area contributed by atoms with E-state index in [1.807, 2.05) is 0 Å². The maximum atomic E-state index is 10.2. The number of carboxylic acid groups (broad SMARTS) is 1. The van der Waals surface area contributed by atoms with Gasteiger partial charge in [-0.3, -0.25) is 0 Å². The number of rotatable bonds is 2. The van der Waals surface area contributed by atoms with Gasteiger partial charge in [0.05, 0.1) is 5.97 Å². The molecular weight excluding hydrogens is 136 g/mol. The number of aromatic nitrogens is 4. The standard InChI is InChI=1S/C4H6N4O2/c1-3(4(9)10)8-6-2-5-7-8/h2-3H,1H3,(H,9,10)/p-1. The van der Waals surface area contributed by atoms with Gasteiger partial charge in [0.25, 0.3) is 0 Å². The minimum Gasteiger partial charge on any atom is -0.548 e. The van der Waals surface area contributed by atoms with Crippen LogP contribution in [0.4, 0.5) is 0 Å². The molecule has 0 bridgehead atoms. The Balaban J connectivity index is 2.77. The molecule has 0 radical (unpaired) electrons. The number of nitrogens with zero attached hydrogens (tertiary/aromatic N) is 4. The van der Waals surface area contributed by atoms with Crippen LogP contribution in [-0.2, 0) is 4.79 Å². The average Bonchev–Trinajstić information content (AvgIpc) is 2.36. The molecule has 0 aliphatic rings. The third kappa shape index (κ3) is 1.09. The van der Waals surface area contributed by atoms with E-state index in [2.05, 4.69) is 15.4 Å². The van der Waals surface area contributed by atoms with Gasteiger partial charge in [-0.2, -0.15) is 4.80 Å². The van der Waals surface area contributed by atoms with Crippen LogP contribution in [0, 0.1) is 0 Å². The number of tetrazole rings is 1. The van der Waals surface area contributed by atoms with Crippen molar-refractivity contribution in [1.82, 2.24) is 20.2 Å². The highest BCUT2D eigenvalue weighted by atomic mass is 16.4. The smallest absolute Gasteiger partial charge is 0.162 e. The van der Waals surface area contributed by atoms with Gasteiger partial charge in [0.15, 0.2) is 6.33 Å². The van der Waals surface area contributed by atoms with Gasteiger partial charge in [-0.25, -0.2) is 0 Å². The van der Waals surface area contributed by atoms with Crippen LogP contribution < -0.4 is 5.11 Å². The molecule has 10 heavy (non-hydrogen) atoms. The van der Waals surface area contributed by atoms with E-state index < -0.39 is 12.0 Å². The number of carbonyl (C=O) groups is 1. The number of hydrogen-bond acceptors (Lipinski definition) is 5. The first-order chi connectivity index (χ1) is 4.72. The predicted octanol–water partition coefficient (Wildman–Crippen LogP) is -2.02. The highest BCUT2D eigenvalue weighted by molar-refractivity contribution is 5.68. The van der Waals surface area contributed by atoms with Crippen molar-refractivity contribution >= 4 is 5.97 Å². The van der Waals surface area contributed by atoms with Gasteiger partial charge in [0.2, 0.25) is 0 Å². The summed E-state index contributed by atoms with van der Waals surface area (Å²) >= 11 is 0. The highest BCUT2D eigenvalue weighted by Crippen LogP contribution is 1.95. The van der Waals surface area contributed by atoms with E-state index in [0.29, 0.717) is 0 Å². The fourth-order valence-electron chi connectivity index (χ4n) is 0.447. The average molecular weight is 141 g/mol. The van der Waals surface area contributed by atoms with Crippen LogP contribution in [0.2, 0.25) is 0 Å². The van der Waals surface area contributed by atoms with E-state index >= 15 is 0 Å². The summed E-state index contributed by atoms with van der Waals surface area (Å²) in [5.41, 5.74) is 0. The number of carboxylic acids is 1. The van der Waals surface area contributed by atoms with Gasteiger partial charge >= 0.3 is 0 Å². The van der Waals surface area contributed by atoms with Crippen molar-refractivity contribution in [3.63, 3.8) is 0 Å². The van der Waals surface area contributed by atoms with Gasteiger partial charge in [-0.1, -0.05) is 0 Å². The summed E-state index contributed by atoms with van der Waals surface area (Å²) in [5.74, 6) is -1.22. The Morgan fingerprint density at radius 1 is 1.80 bits per heavy atom. The van der Waals surface area contributed by atoms with E-state index in [-0.39, 0.29) is 0 Å². The van der Waals surface area contributed by atoms with Gasteiger partial charge < -0.3 is 9.90 Å². The Hall–Kier alpha value is -1.46. The minimum absolute atomic E-state index is 0.859. The lowest BCUT2D eigenvalue weighted by Crippen LogP contribution is -2.32. The molecule has 0 aliphatic carbocycles. The van der Waals surface area contributed by atoms with E-state index in [1.165, 1.54) is 13.3 Å². The summed E-state index contributed by atoms with van der Waals surface area (Å²) < 4.78 is 0. The van der Waals surface area contributed by atoms with Crippen molar-refractivity contribution in [2.24, 2.45) is 0 Å². The first kappa shape index (κ1) is 6.66. The second-order valence-electron chi connectivity index (χ2n) is 1.75. The molecule has 1 atom stereocenters. The molecule has 0 N–H and O–H groups in total. The van der Waals surface area contributed by atoms with Crippen LogP contribution in [0.15, 0.2) is 6.33 Å². The molecule has 6 heteroatoms. The summed E-state index contributed by atoms with van der Waals surface area (Å²) in [4.78, 5) is 11.1. The van der Waals surface area contributed by atoms with Crippen molar-refractivity contribution in [3.8, 4) is 0 Å². The fourth-order valence-corrected chi connectivity index (χ4v) is 0.447. The van der Waals surface area contributed by atoms with Crippen LogP contribution in [0.5, 0.6) is 0 Å². The molecular formula is C4H5N4O2-. The maximum absolute atomic E-state index is 10.2. The molecule has 1 heterocycles. The SMILES string of the molecule is CC(C(=O)[O-])n1ncnn1. The van der Waals surface area contributed by atoms with E-state index in [1.54, 1.807) is 0 Å². The lowest BCUT2D eigenvalue weighted by Gasteiger charge is -2.08. The second-order valence-corrected chi connectivity index (χ2v) is 1.75. The van der Waals surface area contributed by atoms with Crippen molar-refractivity contribution in [3.05, 3.63) is 6.33 Å². The Labute approximate surface area is 56.5 Å². The molecule has 0 aliphatic heterocycles. The minimum atomic E-state index is -1.22. The van der Waals surface area contributed by atoms with Crippen molar-refractivity contribution in [2.75, 3.05) is 0 Å². The molecule has 0 saturated heterocycles. The fraction of sp³-hybridized carbons (Fsp3) is 0.500. The molecule has 1 aromatic rings. The van der Waals surface area contributed by atoms with Gasteiger partial charge in [0.1, 0.15) is 6.04 Å². The van der Waals surface area contributed by atoms with Crippen molar-refractivity contribution in [1.29, 1.82) is 0 Å². The van der Waals surface area contributed by atoms with Gasteiger partial charge in [-0.15, -0.1) is 10.2 Å². The maximum Gasteiger partial charge on any atom is 0.162 e. The molecule has 1 aromatic heterocycles. The molecule has 54 valence electrons. The Morgan fingerprint density at radius 2 is 2.50 bits per heavy atom. The summed E-state index contributed by atoms with van der Waals surface area (Å²) in [5, 5.41) is 20.4. The van der Waals surface area contributed by atoms with Crippen LogP contribution in [0.25, 0.3) is 0 Å². The van der Waals surface area contributed by atoms with Gasteiger partial charge in [0, 0.05) is 0 Å². The molecule has 6 nitrogen and oxygen atoms in total. The van der Waals surface area contributed by atoms with Crippen LogP contribution >= 0.6 is 0 Å². The quantitative estimate of drug-likeness (QED) is 0.475. The zero-order valence-electron chi connectivity index (χ0n) is 5.26. The normalized spacial score (nSPS) is 12.9. The van der Waals surface area contributed by atoms with Crippen LogP contribution in [-0.4, -0.2) is 26.2 Å². The van der Waals surface area contributed by atoms with E-state index in [4.69, 9.17) is 0 Å². The van der Waals surface area contributed by atoms with E-state index in [0.717, 1.165) is 4.80 Å². The number of aliphatic carboxylic acids is 1. The van der Waals surface area contributed by atoms with Crippen molar-refractivity contribution < 1.29 is 9.90 Å². The zero-order valence-corrected chi connectivity index (χ0v) is 5.26. The molecule has 0 fully saturated rings. The Kier molecular flexibility index (Phi) is 1.61. The Bertz CT molecular complexity index is 219. The molecule has 1 unspecified atom stereocenters. The topological polar surface area (TPSA) is 83.7 Å². The summed E-state index contributed by atoms with van der Waals surface area (Å²) in [6.45, 7) is 1.41. The predicted molar refractivity (Wildman–Crippen MR) is 27.5 cm³/mol. The van der Waals surface area contributed by atoms with Crippen molar-refractivity contribution in [2.45, 2.75) is 13.0 Å². The molecule has 0 amide bonds. The molecule has 0 saturated carbocycles. The number of hydrogen-bond donors (Lipinski definition) is 0. The lowest BCUT2D eigenvalue weighted by atomic mass is 10.4. The monoisotopic (exact) mass is 141 g/mol. The molecule has 1 rings (SSSR count). The zero-order chi connectivity index (χ0) is 7.56. The first-order valence-corrected chi connectivity index (χ1v) is 2.65.